The van der Waals surface area contributed by atoms with Crippen LogP contribution < -0.4 is 5.32 Å². The molecule has 0 radical (unpaired) electrons. The monoisotopic (exact) mass is 232 g/mol. The predicted octanol–water partition coefficient (Wildman–Crippen LogP) is 2.75. The smallest absolute Gasteiger partial charge is 0.287 e. The number of aromatic nitrogens is 1. The van der Waals surface area contributed by atoms with Gasteiger partial charge in [-0.05, 0) is 18.6 Å². The van der Waals surface area contributed by atoms with Crippen molar-refractivity contribution in [3.8, 4) is 0 Å². The van der Waals surface area contributed by atoms with E-state index in [1.807, 2.05) is 0 Å². The van der Waals surface area contributed by atoms with Gasteiger partial charge in [0.05, 0.1) is 0 Å². The number of furan rings is 1. The van der Waals surface area contributed by atoms with Gasteiger partial charge in [-0.3, -0.25) is 9.78 Å². The molecule has 0 atom stereocenters. The van der Waals surface area contributed by atoms with Crippen LogP contribution in [0.25, 0.3) is 11.1 Å². The average molecular weight is 232 g/mol. The van der Waals surface area contributed by atoms with Crippen LogP contribution in [0.5, 0.6) is 0 Å². The van der Waals surface area contributed by atoms with E-state index in [4.69, 9.17) is 4.42 Å². The number of carbonyl (C=O) groups excluding carboxylic acids is 1. The SMILES string of the molecule is CCCCCNC(=O)c1cc2ncccc2o1. The van der Waals surface area contributed by atoms with Gasteiger partial charge in [-0.2, -0.15) is 0 Å². The third-order valence-corrected chi connectivity index (χ3v) is 2.58. The van der Waals surface area contributed by atoms with Crippen molar-refractivity contribution in [2.75, 3.05) is 6.54 Å². The van der Waals surface area contributed by atoms with Crippen LogP contribution in [0.4, 0.5) is 0 Å². The van der Waals surface area contributed by atoms with Gasteiger partial charge in [-0.15, -0.1) is 0 Å². The van der Waals surface area contributed by atoms with Crippen molar-refractivity contribution in [2.45, 2.75) is 26.2 Å². The van der Waals surface area contributed by atoms with Gasteiger partial charge in [0.2, 0.25) is 0 Å². The highest BCUT2D eigenvalue weighted by atomic mass is 16.3. The molecule has 0 aliphatic rings. The minimum Gasteiger partial charge on any atom is -0.449 e. The standard InChI is InChI=1S/C13H16N2O2/c1-2-3-4-7-15-13(16)12-9-10-11(17-12)6-5-8-14-10/h5-6,8-9H,2-4,7H2,1H3,(H,15,16). The van der Waals surface area contributed by atoms with Crippen LogP contribution in [-0.2, 0) is 0 Å². The Hall–Kier alpha value is -1.84. The molecule has 0 fully saturated rings. The minimum absolute atomic E-state index is 0.167. The first-order chi connectivity index (χ1) is 8.31. The maximum absolute atomic E-state index is 11.7. The fraction of sp³-hybridized carbons (Fsp3) is 0.385. The van der Waals surface area contributed by atoms with Gasteiger partial charge in [0.25, 0.3) is 5.91 Å². The Morgan fingerprint density at radius 2 is 2.35 bits per heavy atom. The summed E-state index contributed by atoms with van der Waals surface area (Å²) in [6.45, 7) is 2.82. The summed E-state index contributed by atoms with van der Waals surface area (Å²) in [4.78, 5) is 15.9. The van der Waals surface area contributed by atoms with Crippen molar-refractivity contribution < 1.29 is 9.21 Å². The van der Waals surface area contributed by atoms with E-state index < -0.39 is 0 Å². The molecule has 0 aromatic carbocycles. The fourth-order valence-corrected chi connectivity index (χ4v) is 1.65. The van der Waals surface area contributed by atoms with Crippen LogP contribution in [-0.4, -0.2) is 17.4 Å². The first-order valence-corrected chi connectivity index (χ1v) is 5.94. The summed E-state index contributed by atoms with van der Waals surface area (Å²) in [6, 6.07) is 5.26. The predicted molar refractivity (Wildman–Crippen MR) is 65.9 cm³/mol. The largest absolute Gasteiger partial charge is 0.449 e. The van der Waals surface area contributed by atoms with E-state index in [-0.39, 0.29) is 5.91 Å². The number of unbranched alkanes of at least 4 members (excludes halogenated alkanes) is 2. The molecule has 0 saturated heterocycles. The zero-order valence-electron chi connectivity index (χ0n) is 9.90. The number of nitrogens with one attached hydrogen (secondary N) is 1. The maximum Gasteiger partial charge on any atom is 0.287 e. The van der Waals surface area contributed by atoms with E-state index in [1.165, 1.54) is 0 Å². The first kappa shape index (κ1) is 11.6. The third-order valence-electron chi connectivity index (χ3n) is 2.58. The van der Waals surface area contributed by atoms with Crippen molar-refractivity contribution in [3.05, 3.63) is 30.2 Å². The second kappa shape index (κ2) is 5.48. The molecule has 0 aliphatic carbocycles. The van der Waals surface area contributed by atoms with Gasteiger partial charge in [0.1, 0.15) is 5.52 Å². The molecule has 2 aromatic rings. The number of nitrogens with zero attached hydrogens (tertiary/aromatic N) is 1. The Morgan fingerprint density at radius 3 is 3.12 bits per heavy atom. The molecule has 1 N–H and O–H groups in total. The van der Waals surface area contributed by atoms with Crippen molar-refractivity contribution in [2.24, 2.45) is 0 Å². The summed E-state index contributed by atoms with van der Waals surface area (Å²) in [5.74, 6) is 0.161. The molecule has 2 aromatic heterocycles. The molecule has 90 valence electrons. The number of rotatable bonds is 5. The Labute approximate surface area is 100 Å². The Morgan fingerprint density at radius 1 is 1.47 bits per heavy atom. The van der Waals surface area contributed by atoms with Gasteiger partial charge in [-0.25, -0.2) is 0 Å². The number of fused-ring (bicyclic) bond motifs is 1. The van der Waals surface area contributed by atoms with Gasteiger partial charge in [-0.1, -0.05) is 19.8 Å². The lowest BCUT2D eigenvalue weighted by Crippen LogP contribution is -2.23. The van der Waals surface area contributed by atoms with E-state index in [1.54, 1.807) is 24.4 Å². The van der Waals surface area contributed by atoms with Crippen molar-refractivity contribution in [1.29, 1.82) is 0 Å². The van der Waals surface area contributed by atoms with Gasteiger partial charge < -0.3 is 9.73 Å². The molecule has 17 heavy (non-hydrogen) atoms. The highest BCUT2D eigenvalue weighted by molar-refractivity contribution is 5.95. The molecule has 0 spiro atoms. The number of hydrogen-bond acceptors (Lipinski definition) is 3. The molecule has 4 nitrogen and oxygen atoms in total. The molecule has 2 rings (SSSR count). The molecule has 4 heteroatoms. The van der Waals surface area contributed by atoms with E-state index >= 15 is 0 Å². The minimum atomic E-state index is -0.167. The average Bonchev–Trinajstić information content (AvgIpc) is 2.78. The topological polar surface area (TPSA) is 55.1 Å². The van der Waals surface area contributed by atoms with Gasteiger partial charge >= 0.3 is 0 Å². The second-order valence-electron chi connectivity index (χ2n) is 3.96. The first-order valence-electron chi connectivity index (χ1n) is 5.94. The second-order valence-corrected chi connectivity index (χ2v) is 3.96. The van der Waals surface area contributed by atoms with Crippen molar-refractivity contribution in [1.82, 2.24) is 10.3 Å². The normalized spacial score (nSPS) is 10.6. The molecule has 0 saturated carbocycles. The number of carbonyl (C=O) groups is 1. The molecular weight excluding hydrogens is 216 g/mol. The van der Waals surface area contributed by atoms with Crippen LogP contribution in [0.2, 0.25) is 0 Å². The molecular formula is C13H16N2O2. The Balaban J connectivity index is 1.99. The molecule has 1 amide bonds. The summed E-state index contributed by atoms with van der Waals surface area (Å²) < 4.78 is 5.41. The number of pyridine rings is 1. The number of hydrogen-bond donors (Lipinski definition) is 1. The zero-order chi connectivity index (χ0) is 12.1. The third kappa shape index (κ3) is 2.84. The summed E-state index contributed by atoms with van der Waals surface area (Å²) in [6.07, 6.45) is 4.95. The Kier molecular flexibility index (Phi) is 3.75. The van der Waals surface area contributed by atoms with Gasteiger partial charge in [0.15, 0.2) is 11.3 Å². The van der Waals surface area contributed by atoms with E-state index in [9.17, 15) is 4.79 Å². The van der Waals surface area contributed by atoms with Crippen LogP contribution in [0, 0.1) is 0 Å². The lowest BCUT2D eigenvalue weighted by Gasteiger charge is -2.01. The van der Waals surface area contributed by atoms with E-state index in [0.717, 1.165) is 19.3 Å². The highest BCUT2D eigenvalue weighted by Crippen LogP contribution is 2.16. The summed E-state index contributed by atoms with van der Waals surface area (Å²) in [5, 5.41) is 2.83. The van der Waals surface area contributed by atoms with Crippen molar-refractivity contribution >= 4 is 17.0 Å². The summed E-state index contributed by atoms with van der Waals surface area (Å²) >= 11 is 0. The maximum atomic E-state index is 11.7. The van der Waals surface area contributed by atoms with Crippen LogP contribution >= 0.6 is 0 Å². The fourth-order valence-electron chi connectivity index (χ4n) is 1.65. The quantitative estimate of drug-likeness (QED) is 0.806. The molecule has 0 aliphatic heterocycles. The lowest BCUT2D eigenvalue weighted by atomic mass is 10.2. The van der Waals surface area contributed by atoms with Crippen LogP contribution in [0.1, 0.15) is 36.7 Å². The lowest BCUT2D eigenvalue weighted by molar-refractivity contribution is 0.0927. The molecule has 0 unspecified atom stereocenters. The molecule has 2 heterocycles. The van der Waals surface area contributed by atoms with Crippen LogP contribution in [0.15, 0.2) is 28.8 Å². The Bertz CT molecular complexity index is 472. The van der Waals surface area contributed by atoms with Gasteiger partial charge in [0, 0.05) is 18.8 Å². The van der Waals surface area contributed by atoms with E-state index in [0.29, 0.717) is 23.4 Å². The van der Waals surface area contributed by atoms with E-state index in [2.05, 4.69) is 17.2 Å². The summed E-state index contributed by atoms with van der Waals surface area (Å²) in [7, 11) is 0. The van der Waals surface area contributed by atoms with Crippen molar-refractivity contribution in [3.63, 3.8) is 0 Å². The summed E-state index contributed by atoms with van der Waals surface area (Å²) in [5.41, 5.74) is 1.36. The molecule has 0 bridgehead atoms. The van der Waals surface area contributed by atoms with Crippen LogP contribution in [0.3, 0.4) is 0 Å². The zero-order valence-corrected chi connectivity index (χ0v) is 9.90. The number of amides is 1. The highest BCUT2D eigenvalue weighted by Gasteiger charge is 2.11.